The summed E-state index contributed by atoms with van der Waals surface area (Å²) >= 11 is 0. The van der Waals surface area contributed by atoms with E-state index in [0.29, 0.717) is 24.5 Å². The second-order valence-corrected chi connectivity index (χ2v) is 4.71. The van der Waals surface area contributed by atoms with E-state index in [9.17, 15) is 9.18 Å². The number of nitrogens with one attached hydrogen (secondary N) is 3. The Hall–Kier alpha value is -1.66. The molecule has 0 bridgehead atoms. The fourth-order valence-corrected chi connectivity index (χ4v) is 1.63. The normalized spacial score (nSPS) is 10.7. The average Bonchev–Trinajstić information content (AvgIpc) is 2.37. The van der Waals surface area contributed by atoms with Crippen LogP contribution in [0.2, 0.25) is 0 Å². The third kappa shape index (κ3) is 5.99. The lowest BCUT2D eigenvalue weighted by molar-refractivity contribution is -0.115. The molecule has 112 valence electrons. The molecule has 0 heterocycles. The Morgan fingerprint density at radius 3 is 2.75 bits per heavy atom. The van der Waals surface area contributed by atoms with Crippen LogP contribution in [0.15, 0.2) is 18.2 Å². The quantitative estimate of drug-likeness (QED) is 0.637. The molecule has 0 saturated carbocycles. The van der Waals surface area contributed by atoms with E-state index in [4.69, 9.17) is 4.74 Å². The minimum Gasteiger partial charge on any atom is -0.383 e. The maximum Gasteiger partial charge on any atom is 0.238 e. The highest BCUT2D eigenvalue weighted by Gasteiger charge is 2.08. The zero-order valence-electron chi connectivity index (χ0n) is 12.1. The zero-order valence-corrected chi connectivity index (χ0v) is 12.1. The lowest BCUT2D eigenvalue weighted by Gasteiger charge is -2.15. The van der Waals surface area contributed by atoms with Gasteiger partial charge in [0.1, 0.15) is 5.82 Å². The maximum atomic E-state index is 13.2. The SMILES string of the molecule is COCCNCC(=O)Nc1ccc(F)cc1NC(C)C. The van der Waals surface area contributed by atoms with Gasteiger partial charge in [-0.05, 0) is 32.0 Å². The van der Waals surface area contributed by atoms with E-state index in [2.05, 4.69) is 16.0 Å². The predicted molar refractivity (Wildman–Crippen MR) is 78.5 cm³/mol. The molecule has 0 unspecified atom stereocenters. The molecule has 0 aromatic heterocycles. The first-order chi connectivity index (χ1) is 9.52. The lowest BCUT2D eigenvalue weighted by atomic mass is 10.2. The molecule has 0 spiro atoms. The number of methoxy groups -OCH3 is 1. The van der Waals surface area contributed by atoms with E-state index in [1.54, 1.807) is 13.2 Å². The van der Waals surface area contributed by atoms with Gasteiger partial charge in [-0.1, -0.05) is 0 Å². The Morgan fingerprint density at radius 1 is 1.35 bits per heavy atom. The van der Waals surface area contributed by atoms with Crippen LogP contribution in [-0.2, 0) is 9.53 Å². The zero-order chi connectivity index (χ0) is 15.0. The van der Waals surface area contributed by atoms with Crippen molar-refractivity contribution >= 4 is 17.3 Å². The largest absolute Gasteiger partial charge is 0.383 e. The molecule has 0 fully saturated rings. The Kier molecular flexibility index (Phi) is 6.97. The summed E-state index contributed by atoms with van der Waals surface area (Å²) in [6, 6.07) is 4.38. The summed E-state index contributed by atoms with van der Waals surface area (Å²) in [6.45, 7) is 5.22. The number of ether oxygens (including phenoxy) is 1. The molecule has 5 nitrogen and oxygen atoms in total. The fraction of sp³-hybridized carbons (Fsp3) is 0.500. The summed E-state index contributed by atoms with van der Waals surface area (Å²) in [5.74, 6) is -0.524. The fourth-order valence-electron chi connectivity index (χ4n) is 1.63. The van der Waals surface area contributed by atoms with Crippen LogP contribution in [0.3, 0.4) is 0 Å². The minimum absolute atomic E-state index is 0.146. The van der Waals surface area contributed by atoms with E-state index < -0.39 is 0 Å². The molecule has 0 atom stereocenters. The molecular formula is C14H22FN3O2. The number of hydrogen-bond donors (Lipinski definition) is 3. The first-order valence-corrected chi connectivity index (χ1v) is 6.58. The highest BCUT2D eigenvalue weighted by Crippen LogP contribution is 2.23. The molecule has 1 aromatic rings. The maximum absolute atomic E-state index is 13.2. The first-order valence-electron chi connectivity index (χ1n) is 6.58. The van der Waals surface area contributed by atoms with Gasteiger partial charge in [-0.25, -0.2) is 4.39 Å². The smallest absolute Gasteiger partial charge is 0.238 e. The molecule has 0 radical (unpaired) electrons. The Morgan fingerprint density at radius 2 is 2.10 bits per heavy atom. The molecule has 6 heteroatoms. The van der Waals surface area contributed by atoms with E-state index in [1.807, 2.05) is 13.8 Å². The van der Waals surface area contributed by atoms with E-state index in [1.165, 1.54) is 12.1 Å². The van der Waals surface area contributed by atoms with Crippen molar-refractivity contribution in [3.63, 3.8) is 0 Å². The molecule has 0 saturated heterocycles. The van der Waals surface area contributed by atoms with Crippen LogP contribution in [0, 0.1) is 5.82 Å². The second kappa shape index (κ2) is 8.50. The topological polar surface area (TPSA) is 62.4 Å². The Balaban J connectivity index is 2.59. The molecule has 1 aromatic carbocycles. The van der Waals surface area contributed by atoms with Crippen LogP contribution in [-0.4, -0.2) is 38.8 Å². The van der Waals surface area contributed by atoms with Crippen molar-refractivity contribution in [2.24, 2.45) is 0 Å². The highest BCUT2D eigenvalue weighted by atomic mass is 19.1. The van der Waals surface area contributed by atoms with Crippen LogP contribution in [0.5, 0.6) is 0 Å². The van der Waals surface area contributed by atoms with Crippen molar-refractivity contribution in [2.45, 2.75) is 19.9 Å². The molecule has 1 rings (SSSR count). The number of carbonyl (C=O) groups is 1. The van der Waals surface area contributed by atoms with Crippen LogP contribution in [0.25, 0.3) is 0 Å². The van der Waals surface area contributed by atoms with Crippen molar-refractivity contribution in [1.29, 1.82) is 0 Å². The molecule has 20 heavy (non-hydrogen) atoms. The standard InChI is InChI=1S/C14H22FN3O2/c1-10(2)17-13-8-11(15)4-5-12(13)18-14(19)9-16-6-7-20-3/h4-5,8,10,16-17H,6-7,9H2,1-3H3,(H,18,19). The van der Waals surface area contributed by atoms with Gasteiger partial charge in [0.2, 0.25) is 5.91 Å². The summed E-state index contributed by atoms with van der Waals surface area (Å²) < 4.78 is 18.1. The summed E-state index contributed by atoms with van der Waals surface area (Å²) in [6.07, 6.45) is 0. The van der Waals surface area contributed by atoms with Gasteiger partial charge in [0, 0.05) is 19.7 Å². The summed E-state index contributed by atoms with van der Waals surface area (Å²) in [7, 11) is 1.60. The van der Waals surface area contributed by atoms with Gasteiger partial charge in [0.05, 0.1) is 24.5 Å². The van der Waals surface area contributed by atoms with Gasteiger partial charge >= 0.3 is 0 Å². The monoisotopic (exact) mass is 283 g/mol. The molecule has 3 N–H and O–H groups in total. The van der Waals surface area contributed by atoms with E-state index in [-0.39, 0.29) is 24.3 Å². The molecule has 0 aliphatic heterocycles. The number of rotatable bonds is 8. The summed E-state index contributed by atoms with van der Waals surface area (Å²) in [4.78, 5) is 11.8. The van der Waals surface area contributed by atoms with Crippen molar-refractivity contribution in [2.75, 3.05) is 37.4 Å². The van der Waals surface area contributed by atoms with Crippen LogP contribution < -0.4 is 16.0 Å². The third-order valence-corrected chi connectivity index (χ3v) is 2.47. The van der Waals surface area contributed by atoms with Crippen molar-refractivity contribution in [3.8, 4) is 0 Å². The highest BCUT2D eigenvalue weighted by molar-refractivity contribution is 5.95. The number of amides is 1. The minimum atomic E-state index is -0.343. The van der Waals surface area contributed by atoms with Crippen molar-refractivity contribution < 1.29 is 13.9 Å². The van der Waals surface area contributed by atoms with Gasteiger partial charge < -0.3 is 20.7 Å². The Bertz CT molecular complexity index is 438. The summed E-state index contributed by atoms with van der Waals surface area (Å²) in [5, 5.41) is 8.80. The van der Waals surface area contributed by atoms with E-state index in [0.717, 1.165) is 0 Å². The van der Waals surface area contributed by atoms with Gasteiger partial charge in [-0.3, -0.25) is 4.79 Å². The molecule has 1 amide bonds. The Labute approximate surface area is 118 Å². The van der Waals surface area contributed by atoms with Gasteiger partial charge in [0.15, 0.2) is 0 Å². The average molecular weight is 283 g/mol. The van der Waals surface area contributed by atoms with Crippen LogP contribution >= 0.6 is 0 Å². The molecule has 0 aliphatic rings. The predicted octanol–water partition coefficient (Wildman–Crippen LogP) is 1.82. The number of benzene rings is 1. The van der Waals surface area contributed by atoms with E-state index >= 15 is 0 Å². The van der Waals surface area contributed by atoms with Crippen LogP contribution in [0.4, 0.5) is 15.8 Å². The molecular weight excluding hydrogens is 261 g/mol. The number of hydrogen-bond acceptors (Lipinski definition) is 4. The number of carbonyl (C=O) groups excluding carboxylic acids is 1. The lowest BCUT2D eigenvalue weighted by Crippen LogP contribution is -2.30. The van der Waals surface area contributed by atoms with Crippen molar-refractivity contribution in [1.82, 2.24) is 5.32 Å². The van der Waals surface area contributed by atoms with Crippen LogP contribution in [0.1, 0.15) is 13.8 Å². The van der Waals surface area contributed by atoms with Gasteiger partial charge in [0.25, 0.3) is 0 Å². The number of anilines is 2. The first kappa shape index (κ1) is 16.4. The van der Waals surface area contributed by atoms with Gasteiger partial charge in [-0.15, -0.1) is 0 Å². The van der Waals surface area contributed by atoms with Crippen molar-refractivity contribution in [3.05, 3.63) is 24.0 Å². The number of halogens is 1. The molecule has 0 aliphatic carbocycles. The summed E-state index contributed by atoms with van der Waals surface area (Å²) in [5.41, 5.74) is 1.14. The second-order valence-electron chi connectivity index (χ2n) is 4.71. The van der Waals surface area contributed by atoms with Gasteiger partial charge in [-0.2, -0.15) is 0 Å². The third-order valence-electron chi connectivity index (χ3n) is 2.47.